The molecule has 2 atom stereocenters. The van der Waals surface area contributed by atoms with E-state index in [1.165, 1.54) is 25.0 Å². The van der Waals surface area contributed by atoms with Gasteiger partial charge in [-0.15, -0.1) is 12.4 Å². The van der Waals surface area contributed by atoms with Crippen LogP contribution in [-0.2, 0) is 4.79 Å². The Balaban J connectivity index is 0.00000192. The van der Waals surface area contributed by atoms with Gasteiger partial charge < -0.3 is 10.6 Å². The lowest BCUT2D eigenvalue weighted by atomic mass is 9.90. The minimum absolute atomic E-state index is 0. The van der Waals surface area contributed by atoms with E-state index in [2.05, 4.69) is 10.6 Å². The van der Waals surface area contributed by atoms with Crippen LogP contribution in [0.25, 0.3) is 0 Å². The molecule has 3 rings (SSSR count). The zero-order chi connectivity index (χ0) is 15.4. The van der Waals surface area contributed by atoms with Gasteiger partial charge in [-0.3, -0.25) is 4.79 Å². The summed E-state index contributed by atoms with van der Waals surface area (Å²) >= 11 is 0. The van der Waals surface area contributed by atoms with Gasteiger partial charge in [-0.1, -0.05) is 25.0 Å². The van der Waals surface area contributed by atoms with Crippen LogP contribution in [0.4, 0.5) is 4.39 Å². The van der Waals surface area contributed by atoms with Crippen molar-refractivity contribution in [3.05, 3.63) is 35.6 Å². The number of hydrogen-bond donors (Lipinski definition) is 2. The van der Waals surface area contributed by atoms with Crippen LogP contribution in [0.2, 0.25) is 0 Å². The first-order chi connectivity index (χ1) is 10.7. The number of halogens is 2. The molecule has 23 heavy (non-hydrogen) atoms. The van der Waals surface area contributed by atoms with Crippen molar-refractivity contribution in [2.24, 2.45) is 11.8 Å². The smallest absolute Gasteiger partial charge is 0.224 e. The second kappa shape index (κ2) is 8.65. The fourth-order valence-electron chi connectivity index (χ4n) is 3.78. The van der Waals surface area contributed by atoms with E-state index in [9.17, 15) is 9.18 Å². The summed E-state index contributed by atoms with van der Waals surface area (Å²) in [5.74, 6) is 0.467. The molecule has 1 saturated carbocycles. The van der Waals surface area contributed by atoms with E-state index in [-0.39, 0.29) is 36.1 Å². The Labute approximate surface area is 143 Å². The van der Waals surface area contributed by atoms with Crippen LogP contribution >= 0.6 is 12.4 Å². The van der Waals surface area contributed by atoms with Crippen molar-refractivity contribution >= 4 is 18.3 Å². The first-order valence-corrected chi connectivity index (χ1v) is 8.50. The molecule has 2 unspecified atom stereocenters. The summed E-state index contributed by atoms with van der Waals surface area (Å²) in [6, 6.07) is 6.64. The molecule has 0 bridgehead atoms. The maximum atomic E-state index is 13.2. The molecule has 0 spiro atoms. The van der Waals surface area contributed by atoms with Crippen LogP contribution < -0.4 is 10.6 Å². The summed E-state index contributed by atoms with van der Waals surface area (Å²) in [7, 11) is 0. The van der Waals surface area contributed by atoms with E-state index in [1.54, 1.807) is 0 Å². The molecule has 1 heterocycles. The number of carbonyl (C=O) groups excluding carboxylic acids is 1. The van der Waals surface area contributed by atoms with Crippen molar-refractivity contribution in [1.29, 1.82) is 0 Å². The summed E-state index contributed by atoms with van der Waals surface area (Å²) in [6.07, 6.45) is 6.76. The average molecular weight is 341 g/mol. The average Bonchev–Trinajstić information content (AvgIpc) is 3.08. The molecule has 2 fully saturated rings. The zero-order valence-corrected chi connectivity index (χ0v) is 14.2. The summed E-state index contributed by atoms with van der Waals surface area (Å²) in [5, 5.41) is 6.56. The number of nitrogens with one attached hydrogen (secondary N) is 2. The lowest BCUT2D eigenvalue weighted by molar-refractivity contribution is -0.126. The summed E-state index contributed by atoms with van der Waals surface area (Å²) in [6.45, 7) is 1.78. The molecule has 0 radical (unpaired) electrons. The molecule has 5 heteroatoms. The lowest BCUT2D eigenvalue weighted by Gasteiger charge is -2.29. The summed E-state index contributed by atoms with van der Waals surface area (Å²) in [5.41, 5.74) is 1.03. The highest BCUT2D eigenvalue weighted by molar-refractivity contribution is 5.85. The normalized spacial score (nSPS) is 23.1. The molecular weight excluding hydrogens is 315 g/mol. The maximum absolute atomic E-state index is 13.2. The second-order valence-corrected chi connectivity index (χ2v) is 6.63. The predicted octanol–water partition coefficient (Wildman–Crippen LogP) is 3.59. The van der Waals surface area contributed by atoms with Gasteiger partial charge in [-0.2, -0.15) is 0 Å². The third-order valence-electron chi connectivity index (χ3n) is 5.07. The van der Waals surface area contributed by atoms with Crippen molar-refractivity contribution in [3.8, 4) is 0 Å². The first kappa shape index (κ1) is 18.2. The Morgan fingerprint density at radius 2 is 1.83 bits per heavy atom. The van der Waals surface area contributed by atoms with Crippen molar-refractivity contribution in [3.63, 3.8) is 0 Å². The Hall–Kier alpha value is -1.13. The molecule has 1 saturated heterocycles. The zero-order valence-electron chi connectivity index (χ0n) is 13.4. The Bertz CT molecular complexity index is 496. The highest BCUT2D eigenvalue weighted by atomic mass is 35.5. The van der Waals surface area contributed by atoms with Gasteiger partial charge in [0.2, 0.25) is 5.91 Å². The van der Waals surface area contributed by atoms with Crippen molar-refractivity contribution in [1.82, 2.24) is 10.6 Å². The topological polar surface area (TPSA) is 41.1 Å². The van der Waals surface area contributed by atoms with Gasteiger partial charge in [0.1, 0.15) is 5.82 Å². The number of piperidine rings is 1. The fourth-order valence-corrected chi connectivity index (χ4v) is 3.78. The first-order valence-electron chi connectivity index (χ1n) is 8.50. The molecule has 1 amide bonds. The van der Waals surface area contributed by atoms with E-state index >= 15 is 0 Å². The molecule has 1 aliphatic heterocycles. The SMILES string of the molecule is Cl.O=C(NC(c1ccc(F)cc1)C1CCCC1)C1CCCNC1. The molecule has 1 aromatic rings. The van der Waals surface area contributed by atoms with Crippen molar-refractivity contribution < 1.29 is 9.18 Å². The van der Waals surface area contributed by atoms with Gasteiger partial charge in [0.25, 0.3) is 0 Å². The summed E-state index contributed by atoms with van der Waals surface area (Å²) < 4.78 is 13.2. The lowest BCUT2D eigenvalue weighted by Crippen LogP contribution is -2.43. The molecule has 1 aromatic carbocycles. The van der Waals surface area contributed by atoms with Gasteiger partial charge in [-0.05, 0) is 55.8 Å². The van der Waals surface area contributed by atoms with Crippen LogP contribution in [-0.4, -0.2) is 19.0 Å². The minimum atomic E-state index is -0.225. The molecule has 2 aliphatic rings. The highest BCUT2D eigenvalue weighted by Crippen LogP contribution is 2.36. The van der Waals surface area contributed by atoms with Crippen LogP contribution in [0.1, 0.15) is 50.1 Å². The number of rotatable bonds is 4. The Morgan fingerprint density at radius 1 is 1.13 bits per heavy atom. The number of hydrogen-bond acceptors (Lipinski definition) is 2. The van der Waals surface area contributed by atoms with Crippen LogP contribution in [0.3, 0.4) is 0 Å². The third kappa shape index (κ3) is 4.67. The van der Waals surface area contributed by atoms with Crippen LogP contribution in [0.15, 0.2) is 24.3 Å². The summed E-state index contributed by atoms with van der Waals surface area (Å²) in [4.78, 5) is 12.6. The molecule has 128 valence electrons. The van der Waals surface area contributed by atoms with E-state index in [4.69, 9.17) is 0 Å². The van der Waals surface area contributed by atoms with Gasteiger partial charge in [0.15, 0.2) is 0 Å². The number of carbonyl (C=O) groups is 1. The van der Waals surface area contributed by atoms with Crippen LogP contribution in [0.5, 0.6) is 0 Å². The molecule has 2 N–H and O–H groups in total. The standard InChI is InChI=1S/C18H25FN2O.ClH/c19-16-9-7-14(8-10-16)17(13-4-1-2-5-13)21-18(22)15-6-3-11-20-12-15;/h7-10,13,15,17,20H,1-6,11-12H2,(H,21,22);1H. The van der Waals surface area contributed by atoms with Crippen molar-refractivity contribution in [2.45, 2.75) is 44.6 Å². The van der Waals surface area contributed by atoms with E-state index in [0.717, 1.165) is 44.3 Å². The number of amides is 1. The molecular formula is C18H26ClFN2O. The number of benzene rings is 1. The monoisotopic (exact) mass is 340 g/mol. The third-order valence-corrected chi connectivity index (χ3v) is 5.07. The Morgan fingerprint density at radius 3 is 2.43 bits per heavy atom. The van der Waals surface area contributed by atoms with Gasteiger partial charge in [0.05, 0.1) is 12.0 Å². The minimum Gasteiger partial charge on any atom is -0.349 e. The molecule has 0 aromatic heterocycles. The van der Waals surface area contributed by atoms with Gasteiger partial charge in [-0.25, -0.2) is 4.39 Å². The van der Waals surface area contributed by atoms with Crippen molar-refractivity contribution in [2.75, 3.05) is 13.1 Å². The molecule has 3 nitrogen and oxygen atoms in total. The van der Waals surface area contributed by atoms with E-state index in [1.807, 2.05) is 12.1 Å². The maximum Gasteiger partial charge on any atom is 0.224 e. The highest BCUT2D eigenvalue weighted by Gasteiger charge is 2.30. The van der Waals surface area contributed by atoms with Gasteiger partial charge in [0, 0.05) is 6.54 Å². The van der Waals surface area contributed by atoms with Crippen LogP contribution in [0, 0.1) is 17.7 Å². The second-order valence-electron chi connectivity index (χ2n) is 6.63. The Kier molecular flexibility index (Phi) is 6.85. The van der Waals surface area contributed by atoms with Gasteiger partial charge >= 0.3 is 0 Å². The molecule has 1 aliphatic carbocycles. The van der Waals surface area contributed by atoms with E-state index < -0.39 is 0 Å². The predicted molar refractivity (Wildman–Crippen MR) is 92.1 cm³/mol. The fraction of sp³-hybridized carbons (Fsp3) is 0.611. The quantitative estimate of drug-likeness (QED) is 0.879. The largest absolute Gasteiger partial charge is 0.349 e. The van der Waals surface area contributed by atoms with E-state index in [0.29, 0.717) is 5.92 Å².